The zero-order valence-electron chi connectivity index (χ0n) is 17.3. The van der Waals surface area contributed by atoms with Gasteiger partial charge in [0.1, 0.15) is 11.4 Å². The first-order valence-electron chi connectivity index (χ1n) is 10.4. The highest BCUT2D eigenvalue weighted by Crippen LogP contribution is 2.18. The van der Waals surface area contributed by atoms with E-state index < -0.39 is 0 Å². The van der Waals surface area contributed by atoms with Gasteiger partial charge in [-0.15, -0.1) is 0 Å². The third kappa shape index (κ3) is 4.62. The van der Waals surface area contributed by atoms with Gasteiger partial charge in [-0.2, -0.15) is 0 Å². The number of piperazine rings is 1. The topological polar surface area (TPSA) is 48.6 Å². The number of aryl methyl sites for hydroxylation is 2. The van der Waals surface area contributed by atoms with Crippen LogP contribution in [0.5, 0.6) is 5.75 Å². The first kappa shape index (κ1) is 19.5. The Labute approximate surface area is 172 Å². The van der Waals surface area contributed by atoms with Crippen molar-refractivity contribution in [1.82, 2.24) is 14.8 Å². The number of nitrogens with zero attached hydrogens (tertiary/aromatic N) is 2. The molecule has 3 aromatic rings. The van der Waals surface area contributed by atoms with Gasteiger partial charge in [0.25, 0.3) is 5.91 Å². The third-order valence-electron chi connectivity index (χ3n) is 5.79. The number of hydrogen-bond donors (Lipinski definition) is 1. The van der Waals surface area contributed by atoms with Crippen LogP contribution in [0, 0.1) is 13.8 Å². The van der Waals surface area contributed by atoms with Crippen molar-refractivity contribution in [1.29, 1.82) is 0 Å². The number of carbonyl (C=O) groups excluding carboxylic acids is 1. The highest BCUT2D eigenvalue weighted by Gasteiger charge is 2.23. The van der Waals surface area contributed by atoms with E-state index in [0.29, 0.717) is 5.69 Å². The van der Waals surface area contributed by atoms with Gasteiger partial charge in [0, 0.05) is 43.6 Å². The zero-order chi connectivity index (χ0) is 20.2. The van der Waals surface area contributed by atoms with Crippen molar-refractivity contribution in [2.45, 2.75) is 20.3 Å². The van der Waals surface area contributed by atoms with Crippen LogP contribution in [0.25, 0.3) is 10.9 Å². The number of para-hydroxylation sites is 1. The van der Waals surface area contributed by atoms with Crippen LogP contribution in [0.15, 0.2) is 48.5 Å². The molecule has 0 saturated carbocycles. The normalized spacial score (nSPS) is 15.0. The maximum Gasteiger partial charge on any atom is 0.270 e. The molecule has 5 nitrogen and oxygen atoms in total. The number of amides is 1. The molecular weight excluding hydrogens is 362 g/mol. The van der Waals surface area contributed by atoms with Crippen LogP contribution in [-0.2, 0) is 0 Å². The molecule has 152 valence electrons. The number of ether oxygens (including phenoxy) is 1. The third-order valence-corrected chi connectivity index (χ3v) is 5.79. The fraction of sp³-hybridized carbons (Fsp3) is 0.375. The molecule has 1 fully saturated rings. The standard InChI is InChI=1S/C24H29N3O2/c1-18-8-9-21(16-19(18)2)29-15-5-10-26-11-13-27(14-12-26)24(28)23-17-20-6-3-4-7-22(20)25-23/h3-4,6-9,16-17,25H,5,10-15H2,1-2H3. The van der Waals surface area contributed by atoms with E-state index >= 15 is 0 Å². The van der Waals surface area contributed by atoms with Gasteiger partial charge in [-0.1, -0.05) is 24.3 Å². The molecule has 2 aromatic carbocycles. The van der Waals surface area contributed by atoms with Gasteiger partial charge < -0.3 is 14.6 Å². The lowest BCUT2D eigenvalue weighted by molar-refractivity contribution is 0.0626. The Morgan fingerprint density at radius 2 is 1.79 bits per heavy atom. The van der Waals surface area contributed by atoms with Gasteiger partial charge in [-0.25, -0.2) is 0 Å². The van der Waals surface area contributed by atoms with E-state index in [1.54, 1.807) is 0 Å². The minimum atomic E-state index is 0.0962. The van der Waals surface area contributed by atoms with Gasteiger partial charge >= 0.3 is 0 Å². The second kappa shape index (κ2) is 8.70. The van der Waals surface area contributed by atoms with Crippen LogP contribution in [0.1, 0.15) is 28.0 Å². The van der Waals surface area contributed by atoms with E-state index in [1.165, 1.54) is 11.1 Å². The average Bonchev–Trinajstić information content (AvgIpc) is 3.18. The fourth-order valence-corrected chi connectivity index (χ4v) is 3.82. The van der Waals surface area contributed by atoms with Crippen molar-refractivity contribution in [3.63, 3.8) is 0 Å². The van der Waals surface area contributed by atoms with Crippen LogP contribution >= 0.6 is 0 Å². The fourth-order valence-electron chi connectivity index (χ4n) is 3.82. The Morgan fingerprint density at radius 1 is 1.00 bits per heavy atom. The van der Waals surface area contributed by atoms with E-state index in [2.05, 4.69) is 35.9 Å². The van der Waals surface area contributed by atoms with E-state index in [-0.39, 0.29) is 5.91 Å². The Hall–Kier alpha value is -2.79. The summed E-state index contributed by atoms with van der Waals surface area (Å²) in [4.78, 5) is 20.4. The van der Waals surface area contributed by atoms with Crippen LogP contribution in [0.3, 0.4) is 0 Å². The Balaban J connectivity index is 1.21. The summed E-state index contributed by atoms with van der Waals surface area (Å²) in [5.41, 5.74) is 4.25. The molecular formula is C24H29N3O2. The summed E-state index contributed by atoms with van der Waals surface area (Å²) in [5, 5.41) is 1.08. The highest BCUT2D eigenvalue weighted by atomic mass is 16.5. The summed E-state index contributed by atoms with van der Waals surface area (Å²) in [6.45, 7) is 9.31. The second-order valence-corrected chi connectivity index (χ2v) is 7.85. The molecule has 0 bridgehead atoms. The van der Waals surface area contributed by atoms with Gasteiger partial charge in [-0.3, -0.25) is 9.69 Å². The summed E-state index contributed by atoms with van der Waals surface area (Å²) in [5.74, 6) is 1.04. The van der Waals surface area contributed by atoms with Gasteiger partial charge in [-0.05, 0) is 55.7 Å². The lowest BCUT2D eigenvalue weighted by Crippen LogP contribution is -2.49. The van der Waals surface area contributed by atoms with E-state index in [4.69, 9.17) is 4.74 Å². The van der Waals surface area contributed by atoms with Crippen molar-refractivity contribution in [3.8, 4) is 5.75 Å². The summed E-state index contributed by atoms with van der Waals surface area (Å²) < 4.78 is 5.88. The monoisotopic (exact) mass is 391 g/mol. The maximum absolute atomic E-state index is 12.8. The molecule has 29 heavy (non-hydrogen) atoms. The summed E-state index contributed by atoms with van der Waals surface area (Å²) >= 11 is 0. The molecule has 1 N–H and O–H groups in total. The van der Waals surface area contributed by atoms with Gasteiger partial charge in [0.15, 0.2) is 0 Å². The van der Waals surface area contributed by atoms with Crippen molar-refractivity contribution in [2.24, 2.45) is 0 Å². The molecule has 0 aliphatic carbocycles. The Morgan fingerprint density at radius 3 is 2.55 bits per heavy atom. The number of H-pyrrole nitrogens is 1. The molecule has 5 heteroatoms. The number of aromatic nitrogens is 1. The van der Waals surface area contributed by atoms with Crippen LogP contribution in [0.4, 0.5) is 0 Å². The number of carbonyl (C=O) groups is 1. The Bertz CT molecular complexity index is 954. The molecule has 2 heterocycles. The molecule has 0 radical (unpaired) electrons. The van der Waals surface area contributed by atoms with E-state index in [1.807, 2.05) is 41.3 Å². The first-order valence-corrected chi connectivity index (χ1v) is 10.4. The number of benzene rings is 2. The molecule has 1 amide bonds. The molecule has 0 atom stereocenters. The first-order chi connectivity index (χ1) is 14.1. The van der Waals surface area contributed by atoms with Gasteiger partial charge in [0.2, 0.25) is 0 Å². The number of rotatable bonds is 6. The summed E-state index contributed by atoms with van der Waals surface area (Å²) in [7, 11) is 0. The predicted molar refractivity (Wildman–Crippen MR) is 117 cm³/mol. The molecule has 1 aliphatic rings. The van der Waals surface area contributed by atoms with Crippen LogP contribution < -0.4 is 4.74 Å². The van der Waals surface area contributed by atoms with Crippen LogP contribution in [0.2, 0.25) is 0 Å². The zero-order valence-corrected chi connectivity index (χ0v) is 17.3. The predicted octanol–water partition coefficient (Wildman–Crippen LogP) is 4.01. The minimum absolute atomic E-state index is 0.0962. The molecule has 0 spiro atoms. The van der Waals surface area contributed by atoms with Crippen LogP contribution in [-0.4, -0.2) is 60.0 Å². The van der Waals surface area contributed by atoms with Crippen molar-refractivity contribution < 1.29 is 9.53 Å². The lowest BCUT2D eigenvalue weighted by atomic mass is 10.1. The largest absolute Gasteiger partial charge is 0.494 e. The molecule has 0 unspecified atom stereocenters. The maximum atomic E-state index is 12.8. The molecule has 4 rings (SSSR count). The molecule has 1 saturated heterocycles. The smallest absolute Gasteiger partial charge is 0.270 e. The lowest BCUT2D eigenvalue weighted by Gasteiger charge is -2.34. The van der Waals surface area contributed by atoms with Crippen molar-refractivity contribution in [3.05, 3.63) is 65.4 Å². The SMILES string of the molecule is Cc1ccc(OCCCN2CCN(C(=O)c3cc4ccccc4[nH]3)CC2)cc1C. The molecule has 1 aromatic heterocycles. The van der Waals surface area contributed by atoms with Crippen molar-refractivity contribution >= 4 is 16.8 Å². The van der Waals surface area contributed by atoms with E-state index in [9.17, 15) is 4.79 Å². The highest BCUT2D eigenvalue weighted by molar-refractivity contribution is 5.98. The second-order valence-electron chi connectivity index (χ2n) is 7.85. The number of nitrogens with one attached hydrogen (secondary N) is 1. The average molecular weight is 392 g/mol. The number of hydrogen-bond acceptors (Lipinski definition) is 3. The Kier molecular flexibility index (Phi) is 5.86. The van der Waals surface area contributed by atoms with Crippen molar-refractivity contribution in [2.75, 3.05) is 39.3 Å². The quantitative estimate of drug-likeness (QED) is 0.646. The van der Waals surface area contributed by atoms with E-state index in [0.717, 1.165) is 62.4 Å². The minimum Gasteiger partial charge on any atom is -0.494 e. The number of aromatic amines is 1. The number of fused-ring (bicyclic) bond motifs is 1. The summed E-state index contributed by atoms with van der Waals surface area (Å²) in [6.07, 6.45) is 0.989. The summed E-state index contributed by atoms with van der Waals surface area (Å²) in [6, 6.07) is 16.2. The molecule has 1 aliphatic heterocycles. The van der Waals surface area contributed by atoms with Gasteiger partial charge in [0.05, 0.1) is 6.61 Å².